The number of hydrogen-bond acceptors (Lipinski definition) is 3. The molecule has 0 radical (unpaired) electrons. The summed E-state index contributed by atoms with van der Waals surface area (Å²) in [5.74, 6) is 1.25. The zero-order valence-electron chi connectivity index (χ0n) is 5.93. The maximum absolute atomic E-state index is 5.85. The van der Waals surface area contributed by atoms with E-state index in [0.717, 1.165) is 0 Å². The number of rotatable bonds is 0. The van der Waals surface area contributed by atoms with E-state index in [1.54, 1.807) is 6.07 Å². The van der Waals surface area contributed by atoms with Crippen molar-refractivity contribution in [1.29, 1.82) is 0 Å². The van der Waals surface area contributed by atoms with E-state index in [1.165, 1.54) is 0 Å². The van der Waals surface area contributed by atoms with Gasteiger partial charge in [-0.05, 0) is 15.9 Å². The molecule has 0 spiro atoms. The lowest BCUT2D eigenvalue weighted by atomic mass is 10.3. The maximum Gasteiger partial charge on any atom is 0.231 e. The van der Waals surface area contributed by atoms with E-state index >= 15 is 0 Å². The van der Waals surface area contributed by atoms with Gasteiger partial charge < -0.3 is 15.2 Å². The molecule has 0 saturated heterocycles. The summed E-state index contributed by atoms with van der Waals surface area (Å²) in [6, 6.07) is 1.65. The van der Waals surface area contributed by atoms with Crippen molar-refractivity contribution < 1.29 is 9.47 Å². The van der Waals surface area contributed by atoms with Crippen molar-refractivity contribution in [2.75, 3.05) is 12.5 Å². The standard InChI is InChI=1S/C7H5BrClNO2/c8-5-6(9)3(10)1-4-7(5)12-2-11-4/h1H,2,10H2. The van der Waals surface area contributed by atoms with Gasteiger partial charge in [-0.3, -0.25) is 0 Å². The molecule has 1 aliphatic heterocycles. The lowest BCUT2D eigenvalue weighted by Crippen LogP contribution is -1.93. The summed E-state index contributed by atoms with van der Waals surface area (Å²) >= 11 is 9.12. The van der Waals surface area contributed by atoms with Crippen molar-refractivity contribution in [3.05, 3.63) is 15.6 Å². The van der Waals surface area contributed by atoms with Crippen LogP contribution in [0.4, 0.5) is 5.69 Å². The molecule has 1 heterocycles. The number of ether oxygens (including phenoxy) is 2. The van der Waals surface area contributed by atoms with Crippen molar-refractivity contribution in [2.24, 2.45) is 0 Å². The van der Waals surface area contributed by atoms with Gasteiger partial charge in [-0.1, -0.05) is 11.6 Å². The molecular weight excluding hydrogens is 245 g/mol. The van der Waals surface area contributed by atoms with E-state index < -0.39 is 0 Å². The third-order valence-electron chi connectivity index (χ3n) is 1.57. The Morgan fingerprint density at radius 3 is 3.00 bits per heavy atom. The van der Waals surface area contributed by atoms with Crippen LogP contribution in [-0.2, 0) is 0 Å². The van der Waals surface area contributed by atoms with Gasteiger partial charge in [0.2, 0.25) is 6.79 Å². The zero-order chi connectivity index (χ0) is 8.72. The van der Waals surface area contributed by atoms with Gasteiger partial charge in [0.1, 0.15) is 0 Å². The van der Waals surface area contributed by atoms with Crippen LogP contribution < -0.4 is 15.2 Å². The van der Waals surface area contributed by atoms with E-state index in [2.05, 4.69) is 15.9 Å². The summed E-state index contributed by atoms with van der Waals surface area (Å²) in [6.07, 6.45) is 0. The maximum atomic E-state index is 5.85. The van der Waals surface area contributed by atoms with Gasteiger partial charge in [-0.15, -0.1) is 0 Å². The van der Waals surface area contributed by atoms with Crippen molar-refractivity contribution in [1.82, 2.24) is 0 Å². The van der Waals surface area contributed by atoms with Gasteiger partial charge in [-0.25, -0.2) is 0 Å². The molecule has 0 aliphatic carbocycles. The first-order valence-electron chi connectivity index (χ1n) is 3.23. The van der Waals surface area contributed by atoms with Gasteiger partial charge in [0.25, 0.3) is 0 Å². The molecule has 1 aromatic rings. The fourth-order valence-corrected chi connectivity index (χ4v) is 1.68. The summed E-state index contributed by atoms with van der Waals surface area (Å²) in [5.41, 5.74) is 6.08. The van der Waals surface area contributed by atoms with Crippen LogP contribution in [0.1, 0.15) is 0 Å². The second kappa shape index (κ2) is 2.71. The second-order valence-corrected chi connectivity index (χ2v) is 3.50. The Bertz CT molecular complexity index is 343. The average molecular weight is 250 g/mol. The molecule has 2 N–H and O–H groups in total. The van der Waals surface area contributed by atoms with Crippen LogP contribution in [-0.4, -0.2) is 6.79 Å². The van der Waals surface area contributed by atoms with Gasteiger partial charge in [0.05, 0.1) is 15.2 Å². The largest absolute Gasteiger partial charge is 0.453 e. The minimum atomic E-state index is 0.216. The first-order chi connectivity index (χ1) is 5.70. The highest BCUT2D eigenvalue weighted by atomic mass is 79.9. The Hall–Kier alpha value is -0.610. The topological polar surface area (TPSA) is 44.5 Å². The molecule has 0 bridgehead atoms. The van der Waals surface area contributed by atoms with E-state index in [9.17, 15) is 0 Å². The number of halogens is 2. The van der Waals surface area contributed by atoms with E-state index in [-0.39, 0.29) is 6.79 Å². The molecule has 2 rings (SSSR count). The average Bonchev–Trinajstić information content (AvgIpc) is 2.48. The Morgan fingerprint density at radius 2 is 2.25 bits per heavy atom. The van der Waals surface area contributed by atoms with Crippen molar-refractivity contribution in [2.45, 2.75) is 0 Å². The minimum Gasteiger partial charge on any atom is -0.453 e. The fourth-order valence-electron chi connectivity index (χ4n) is 0.998. The minimum absolute atomic E-state index is 0.216. The molecule has 0 atom stereocenters. The lowest BCUT2D eigenvalue weighted by Gasteiger charge is -2.03. The van der Waals surface area contributed by atoms with Crippen molar-refractivity contribution in [3.8, 4) is 11.5 Å². The number of anilines is 1. The van der Waals surface area contributed by atoms with Crippen molar-refractivity contribution in [3.63, 3.8) is 0 Å². The van der Waals surface area contributed by atoms with Gasteiger partial charge in [0.15, 0.2) is 11.5 Å². The molecule has 3 nitrogen and oxygen atoms in total. The lowest BCUT2D eigenvalue weighted by molar-refractivity contribution is 0.173. The Kier molecular flexibility index (Phi) is 1.81. The second-order valence-electron chi connectivity index (χ2n) is 2.33. The molecule has 5 heteroatoms. The van der Waals surface area contributed by atoms with Gasteiger partial charge in [0, 0.05) is 6.07 Å². The van der Waals surface area contributed by atoms with E-state index in [4.69, 9.17) is 26.8 Å². The summed E-state index contributed by atoms with van der Waals surface area (Å²) in [7, 11) is 0. The Morgan fingerprint density at radius 1 is 1.50 bits per heavy atom. The molecule has 1 aliphatic rings. The first kappa shape index (κ1) is 8.01. The van der Waals surface area contributed by atoms with E-state index in [0.29, 0.717) is 26.7 Å². The normalized spacial score (nSPS) is 13.5. The number of nitrogens with two attached hydrogens (primary N) is 1. The molecule has 0 aromatic heterocycles. The molecule has 64 valence electrons. The number of benzene rings is 1. The Balaban J connectivity index is 2.67. The van der Waals surface area contributed by atoms with Crippen LogP contribution in [0.5, 0.6) is 11.5 Å². The van der Waals surface area contributed by atoms with Crippen LogP contribution in [0, 0.1) is 0 Å². The monoisotopic (exact) mass is 249 g/mol. The fraction of sp³-hybridized carbons (Fsp3) is 0.143. The van der Waals surface area contributed by atoms with Crippen LogP contribution in [0.2, 0.25) is 5.02 Å². The smallest absolute Gasteiger partial charge is 0.231 e. The van der Waals surface area contributed by atoms with Crippen LogP contribution in [0.3, 0.4) is 0 Å². The van der Waals surface area contributed by atoms with Crippen LogP contribution >= 0.6 is 27.5 Å². The highest BCUT2D eigenvalue weighted by Gasteiger charge is 2.20. The molecule has 0 unspecified atom stereocenters. The molecular formula is C7H5BrClNO2. The van der Waals surface area contributed by atoms with Gasteiger partial charge >= 0.3 is 0 Å². The zero-order valence-corrected chi connectivity index (χ0v) is 8.28. The number of hydrogen-bond donors (Lipinski definition) is 1. The summed E-state index contributed by atoms with van der Waals surface area (Å²) in [4.78, 5) is 0. The highest BCUT2D eigenvalue weighted by Crippen LogP contribution is 2.45. The summed E-state index contributed by atoms with van der Waals surface area (Å²) < 4.78 is 10.9. The summed E-state index contributed by atoms with van der Waals surface area (Å²) in [6.45, 7) is 0.216. The number of nitrogen functional groups attached to an aromatic ring is 1. The number of fused-ring (bicyclic) bond motifs is 1. The molecule has 12 heavy (non-hydrogen) atoms. The Labute approximate surface area is 82.5 Å². The molecule has 0 saturated carbocycles. The van der Waals surface area contributed by atoms with Gasteiger partial charge in [-0.2, -0.15) is 0 Å². The highest BCUT2D eigenvalue weighted by molar-refractivity contribution is 9.10. The SMILES string of the molecule is Nc1cc2c(c(Br)c1Cl)OCO2. The van der Waals surface area contributed by atoms with Crippen molar-refractivity contribution >= 4 is 33.2 Å². The third-order valence-corrected chi connectivity index (χ3v) is 2.97. The molecule has 0 amide bonds. The first-order valence-corrected chi connectivity index (χ1v) is 4.40. The molecule has 1 aromatic carbocycles. The molecule has 0 fully saturated rings. The van der Waals surface area contributed by atoms with Crippen LogP contribution in [0.25, 0.3) is 0 Å². The quantitative estimate of drug-likeness (QED) is 0.719. The predicted octanol–water partition coefficient (Wildman–Crippen LogP) is 2.41. The third kappa shape index (κ3) is 1.03. The predicted molar refractivity (Wildman–Crippen MR) is 49.7 cm³/mol. The summed E-state index contributed by atoms with van der Waals surface area (Å²) in [5, 5.41) is 0.458. The van der Waals surface area contributed by atoms with E-state index in [1.807, 2.05) is 0 Å². The van der Waals surface area contributed by atoms with Crippen LogP contribution in [0.15, 0.2) is 10.5 Å².